The third kappa shape index (κ3) is 5.09. The van der Waals surface area contributed by atoms with Crippen molar-refractivity contribution in [2.24, 2.45) is 5.73 Å². The molecule has 14 heteroatoms. The molecular weight excluding hydrogens is 497 g/mol. The van der Waals surface area contributed by atoms with Gasteiger partial charge in [0.1, 0.15) is 0 Å². The van der Waals surface area contributed by atoms with Crippen LogP contribution in [0.1, 0.15) is 10.4 Å². The Bertz CT molecular complexity index is 1190. The van der Waals surface area contributed by atoms with E-state index in [-0.39, 0.29) is 52.4 Å². The first kappa shape index (κ1) is 24.9. The Morgan fingerprint density at radius 2 is 1.79 bits per heavy atom. The van der Waals surface area contributed by atoms with Crippen molar-refractivity contribution in [1.82, 2.24) is 14.5 Å². The highest BCUT2D eigenvalue weighted by atomic mass is 35.5. The minimum absolute atomic E-state index is 0.0138. The van der Waals surface area contributed by atoms with Gasteiger partial charge in [0.15, 0.2) is 6.17 Å². The largest absolute Gasteiger partial charge is 0.352 e. The molecule has 1 fully saturated rings. The second-order valence-corrected chi connectivity index (χ2v) is 9.65. The molecule has 1 aliphatic rings. The first-order chi connectivity index (χ1) is 15.6. The summed E-state index contributed by atoms with van der Waals surface area (Å²) in [5.74, 6) is -1.40. The summed E-state index contributed by atoms with van der Waals surface area (Å²) in [6.45, 7) is -0.0804. The molecule has 2 aromatic rings. The molecule has 2 amide bonds. The number of nitro benzene ring substituents is 1. The van der Waals surface area contributed by atoms with E-state index in [1.807, 2.05) is 0 Å². The van der Waals surface area contributed by atoms with Gasteiger partial charge in [-0.05, 0) is 30.3 Å². The molecule has 1 unspecified atom stereocenters. The van der Waals surface area contributed by atoms with E-state index in [9.17, 15) is 28.1 Å². The lowest BCUT2D eigenvalue weighted by Gasteiger charge is -2.28. The smallest absolute Gasteiger partial charge is 0.269 e. The van der Waals surface area contributed by atoms with Crippen molar-refractivity contribution in [2.75, 3.05) is 26.2 Å². The van der Waals surface area contributed by atoms with Crippen molar-refractivity contribution in [3.63, 3.8) is 0 Å². The molecule has 0 aliphatic carbocycles. The van der Waals surface area contributed by atoms with Gasteiger partial charge in [-0.25, -0.2) is 8.42 Å². The van der Waals surface area contributed by atoms with Crippen LogP contribution in [0.4, 0.5) is 5.69 Å². The van der Waals surface area contributed by atoms with Crippen molar-refractivity contribution >= 4 is 50.7 Å². The molecule has 33 heavy (non-hydrogen) atoms. The Kier molecular flexibility index (Phi) is 7.55. The van der Waals surface area contributed by atoms with E-state index in [4.69, 9.17) is 28.9 Å². The minimum atomic E-state index is -4.25. The molecule has 1 heterocycles. The second-order valence-electron chi connectivity index (χ2n) is 6.95. The van der Waals surface area contributed by atoms with Gasteiger partial charge in [-0.1, -0.05) is 23.2 Å². The molecule has 0 spiro atoms. The van der Waals surface area contributed by atoms with Crippen molar-refractivity contribution in [3.05, 3.63) is 68.2 Å². The monoisotopic (exact) mass is 515 g/mol. The van der Waals surface area contributed by atoms with E-state index in [2.05, 4.69) is 5.32 Å². The van der Waals surface area contributed by atoms with Gasteiger partial charge in [0.25, 0.3) is 17.5 Å². The maximum atomic E-state index is 13.3. The number of carbonyl (C=O) groups excluding carboxylic acids is 2. The van der Waals surface area contributed by atoms with E-state index in [0.29, 0.717) is 0 Å². The Labute approximate surface area is 199 Å². The zero-order valence-electron chi connectivity index (χ0n) is 17.0. The summed E-state index contributed by atoms with van der Waals surface area (Å²) in [5, 5.41) is 13.5. The minimum Gasteiger partial charge on any atom is -0.352 e. The quantitative estimate of drug-likeness (QED) is 0.417. The lowest BCUT2D eigenvalue weighted by atomic mass is 10.1. The summed E-state index contributed by atoms with van der Waals surface area (Å²) in [6, 6.07) is 8.51. The first-order valence-electron chi connectivity index (χ1n) is 9.58. The number of nitrogens with two attached hydrogens (primary N) is 1. The number of rotatable bonds is 7. The number of halogens is 2. The van der Waals surface area contributed by atoms with Gasteiger partial charge in [-0.2, -0.15) is 4.31 Å². The third-order valence-corrected chi connectivity index (χ3v) is 7.48. The predicted octanol–water partition coefficient (Wildman–Crippen LogP) is 1.45. The van der Waals surface area contributed by atoms with E-state index in [0.717, 1.165) is 27.4 Å². The fourth-order valence-corrected chi connectivity index (χ4v) is 5.23. The standard InChI is InChI=1S/C19H19Cl2N5O6S/c20-15-6-5-14(11-16(15)21)33(31,32)25-10-9-24(18(25)17(27)23-8-7-22)19(28)12-1-3-13(4-2-12)26(29)30/h1-6,11,18H,7-10,22H2,(H,23,27). The highest BCUT2D eigenvalue weighted by Gasteiger charge is 2.46. The van der Waals surface area contributed by atoms with Gasteiger partial charge in [0.05, 0.1) is 19.9 Å². The Morgan fingerprint density at radius 1 is 1.12 bits per heavy atom. The van der Waals surface area contributed by atoms with Crippen LogP contribution >= 0.6 is 23.2 Å². The molecule has 176 valence electrons. The average Bonchev–Trinajstić information content (AvgIpc) is 3.25. The summed E-state index contributed by atoms with van der Waals surface area (Å²) in [6.07, 6.45) is -1.50. The predicted molar refractivity (Wildman–Crippen MR) is 120 cm³/mol. The van der Waals surface area contributed by atoms with Crippen LogP contribution in [0.25, 0.3) is 0 Å². The number of benzene rings is 2. The van der Waals surface area contributed by atoms with Crippen LogP contribution in [0.5, 0.6) is 0 Å². The van der Waals surface area contributed by atoms with Gasteiger partial charge in [0.2, 0.25) is 10.0 Å². The number of carbonyl (C=O) groups is 2. The van der Waals surface area contributed by atoms with Gasteiger partial charge in [-0.15, -0.1) is 0 Å². The number of sulfonamides is 1. The number of nitro groups is 1. The van der Waals surface area contributed by atoms with Gasteiger partial charge in [-0.3, -0.25) is 19.7 Å². The van der Waals surface area contributed by atoms with Gasteiger partial charge < -0.3 is 16.0 Å². The molecule has 3 rings (SSSR count). The fraction of sp³-hybridized carbons (Fsp3) is 0.263. The fourth-order valence-electron chi connectivity index (χ4n) is 3.29. The molecule has 1 saturated heterocycles. The van der Waals surface area contributed by atoms with Crippen LogP contribution in [0, 0.1) is 10.1 Å². The Balaban J connectivity index is 1.98. The van der Waals surface area contributed by atoms with Crippen LogP contribution in [0.3, 0.4) is 0 Å². The van der Waals surface area contributed by atoms with E-state index >= 15 is 0 Å². The highest BCUT2D eigenvalue weighted by molar-refractivity contribution is 7.89. The summed E-state index contributed by atoms with van der Waals surface area (Å²) in [5.41, 5.74) is 5.28. The number of amides is 2. The third-order valence-electron chi connectivity index (χ3n) is 4.89. The number of hydrogen-bond donors (Lipinski definition) is 2. The molecular formula is C19H19Cl2N5O6S. The molecule has 3 N–H and O–H groups in total. The number of non-ortho nitro benzene ring substituents is 1. The van der Waals surface area contributed by atoms with Gasteiger partial charge >= 0.3 is 0 Å². The molecule has 0 saturated carbocycles. The maximum Gasteiger partial charge on any atom is 0.269 e. The molecule has 0 bridgehead atoms. The average molecular weight is 516 g/mol. The van der Waals surface area contributed by atoms with Crippen LogP contribution in [-0.4, -0.2) is 66.7 Å². The zero-order valence-corrected chi connectivity index (χ0v) is 19.3. The lowest BCUT2D eigenvalue weighted by molar-refractivity contribution is -0.384. The SMILES string of the molecule is NCCNC(=O)C1N(C(=O)c2ccc([N+](=O)[O-])cc2)CCN1S(=O)(=O)c1ccc(Cl)c(Cl)c1. The van der Waals surface area contributed by atoms with E-state index in [1.165, 1.54) is 24.3 Å². The van der Waals surface area contributed by atoms with Crippen molar-refractivity contribution in [2.45, 2.75) is 11.1 Å². The topological polar surface area (TPSA) is 156 Å². The molecule has 2 aromatic carbocycles. The lowest BCUT2D eigenvalue weighted by Crippen LogP contribution is -2.54. The molecule has 0 radical (unpaired) electrons. The molecule has 1 aliphatic heterocycles. The van der Waals surface area contributed by atoms with Crippen LogP contribution < -0.4 is 11.1 Å². The molecule has 1 atom stereocenters. The van der Waals surface area contributed by atoms with Crippen molar-refractivity contribution in [3.8, 4) is 0 Å². The summed E-state index contributed by atoms with van der Waals surface area (Å²) in [4.78, 5) is 37.2. The maximum absolute atomic E-state index is 13.3. The Morgan fingerprint density at radius 3 is 2.36 bits per heavy atom. The van der Waals surface area contributed by atoms with Crippen LogP contribution in [0.2, 0.25) is 10.0 Å². The molecule has 0 aromatic heterocycles. The van der Waals surface area contributed by atoms with E-state index in [1.54, 1.807) is 0 Å². The van der Waals surface area contributed by atoms with Crippen molar-refractivity contribution in [1.29, 1.82) is 0 Å². The number of nitrogens with one attached hydrogen (secondary N) is 1. The summed E-state index contributed by atoms with van der Waals surface area (Å²) < 4.78 is 27.5. The van der Waals surface area contributed by atoms with Crippen molar-refractivity contribution < 1.29 is 22.9 Å². The first-order valence-corrected chi connectivity index (χ1v) is 11.8. The highest BCUT2D eigenvalue weighted by Crippen LogP contribution is 2.30. The van der Waals surface area contributed by atoms with Crippen LogP contribution in [0.15, 0.2) is 47.4 Å². The molecule has 11 nitrogen and oxygen atoms in total. The summed E-state index contributed by atoms with van der Waals surface area (Å²) >= 11 is 11.8. The van der Waals surface area contributed by atoms with Gasteiger partial charge in [0, 0.05) is 43.9 Å². The Hall–Kier alpha value is -2.77. The normalized spacial score (nSPS) is 16.6. The number of hydrogen-bond acceptors (Lipinski definition) is 7. The second kappa shape index (κ2) is 10.0. The van der Waals surface area contributed by atoms with E-state index < -0.39 is 32.9 Å². The van der Waals surface area contributed by atoms with Crippen LogP contribution in [-0.2, 0) is 14.8 Å². The zero-order chi connectivity index (χ0) is 24.3. The summed E-state index contributed by atoms with van der Waals surface area (Å²) in [7, 11) is -4.25. The number of nitrogens with zero attached hydrogens (tertiary/aromatic N) is 3.